The first-order chi connectivity index (χ1) is 9.95. The molecule has 1 amide bonds. The van der Waals surface area contributed by atoms with Crippen LogP contribution in [-0.4, -0.2) is 11.0 Å². The molecule has 3 rings (SSSR count). The summed E-state index contributed by atoms with van der Waals surface area (Å²) in [6, 6.07) is 6.76. The van der Waals surface area contributed by atoms with Crippen molar-refractivity contribution in [3.8, 4) is 5.75 Å². The fourth-order valence-corrected chi connectivity index (χ4v) is 2.31. The maximum Gasteiger partial charge on any atom is 0.256 e. The summed E-state index contributed by atoms with van der Waals surface area (Å²) in [5, 5.41) is 12.1. The molecule has 3 nitrogen and oxygen atoms in total. The lowest BCUT2D eigenvalue weighted by Crippen LogP contribution is -2.03. The first kappa shape index (κ1) is 13.6. The van der Waals surface area contributed by atoms with E-state index in [1.165, 1.54) is 6.08 Å². The van der Waals surface area contributed by atoms with Gasteiger partial charge in [0.2, 0.25) is 0 Å². The number of nitrogens with one attached hydrogen (secondary N) is 1. The highest BCUT2D eigenvalue weighted by atomic mass is 35.5. The van der Waals surface area contributed by atoms with Crippen molar-refractivity contribution in [3.05, 3.63) is 58.1 Å². The second-order valence-corrected chi connectivity index (χ2v) is 4.97. The van der Waals surface area contributed by atoms with Crippen LogP contribution in [-0.2, 0) is 4.79 Å². The maximum absolute atomic E-state index is 13.3. The molecule has 0 spiro atoms. The van der Waals surface area contributed by atoms with E-state index in [0.29, 0.717) is 16.3 Å². The molecule has 0 atom stereocenters. The summed E-state index contributed by atoms with van der Waals surface area (Å²) in [6.45, 7) is 0. The highest BCUT2D eigenvalue weighted by Gasteiger charge is 2.24. The van der Waals surface area contributed by atoms with E-state index in [4.69, 9.17) is 16.7 Å². The Morgan fingerprint density at radius 2 is 1.81 bits per heavy atom. The minimum atomic E-state index is -1.09. The lowest BCUT2D eigenvalue weighted by Gasteiger charge is -2.02. The Morgan fingerprint density at radius 1 is 1.14 bits per heavy atom. The predicted molar refractivity (Wildman–Crippen MR) is 76.0 cm³/mol. The molecular weight excluding hydrogens is 300 g/mol. The second kappa shape index (κ2) is 4.86. The summed E-state index contributed by atoms with van der Waals surface area (Å²) < 4.78 is 26.7. The molecule has 1 aliphatic rings. The molecule has 1 heterocycles. The number of aromatic hydroxyl groups is 1. The summed E-state index contributed by atoms with van der Waals surface area (Å²) >= 11 is 5.89. The van der Waals surface area contributed by atoms with Crippen LogP contribution < -0.4 is 5.32 Å². The monoisotopic (exact) mass is 307 g/mol. The molecule has 2 aromatic rings. The van der Waals surface area contributed by atoms with Gasteiger partial charge in [-0.2, -0.15) is 0 Å². The van der Waals surface area contributed by atoms with Crippen LogP contribution in [0.15, 0.2) is 30.3 Å². The molecule has 0 bridgehead atoms. The van der Waals surface area contributed by atoms with E-state index >= 15 is 0 Å². The number of carbonyl (C=O) groups excluding carboxylic acids is 1. The van der Waals surface area contributed by atoms with Crippen molar-refractivity contribution in [1.82, 2.24) is 0 Å². The van der Waals surface area contributed by atoms with E-state index in [2.05, 4.69) is 5.32 Å². The fourth-order valence-electron chi connectivity index (χ4n) is 2.14. The lowest BCUT2D eigenvalue weighted by atomic mass is 10.0. The average molecular weight is 308 g/mol. The minimum Gasteiger partial charge on any atom is -0.503 e. The maximum atomic E-state index is 13.3. The number of halogens is 3. The number of carbonyl (C=O) groups is 1. The van der Waals surface area contributed by atoms with E-state index < -0.39 is 17.4 Å². The van der Waals surface area contributed by atoms with Gasteiger partial charge in [0.25, 0.3) is 5.91 Å². The molecule has 0 saturated heterocycles. The van der Waals surface area contributed by atoms with Crippen LogP contribution in [0.3, 0.4) is 0 Å². The number of phenolic OH excluding ortho intramolecular Hbond substituents is 1. The largest absolute Gasteiger partial charge is 0.503 e. The average Bonchev–Trinajstić information content (AvgIpc) is 2.72. The van der Waals surface area contributed by atoms with Gasteiger partial charge in [-0.1, -0.05) is 11.6 Å². The quantitative estimate of drug-likeness (QED) is 0.787. The Morgan fingerprint density at radius 3 is 2.48 bits per heavy atom. The number of anilines is 1. The normalized spacial score (nSPS) is 15.2. The van der Waals surface area contributed by atoms with Crippen LogP contribution >= 0.6 is 11.6 Å². The molecule has 1 aliphatic heterocycles. The van der Waals surface area contributed by atoms with Crippen molar-refractivity contribution in [1.29, 1.82) is 0 Å². The van der Waals surface area contributed by atoms with Crippen LogP contribution in [0.4, 0.5) is 14.5 Å². The van der Waals surface area contributed by atoms with E-state index in [-0.39, 0.29) is 17.0 Å². The van der Waals surface area contributed by atoms with E-state index in [0.717, 1.165) is 12.1 Å². The standard InChI is InChI=1S/C15H8ClF2NO2/c16-8-1-2-13-9(6-8)10(15(21)19-13)3-7-4-11(17)14(20)12(18)5-7/h1-6,20H,(H,19,21)/b10-3+. The third kappa shape index (κ3) is 2.36. The lowest BCUT2D eigenvalue weighted by molar-refractivity contribution is -0.110. The molecule has 0 aliphatic carbocycles. The summed E-state index contributed by atoms with van der Waals surface area (Å²) in [5.41, 5.74) is 1.51. The first-order valence-electron chi connectivity index (χ1n) is 5.96. The van der Waals surface area contributed by atoms with Gasteiger partial charge in [-0.15, -0.1) is 0 Å². The molecule has 0 saturated carbocycles. The molecular formula is C15H8ClF2NO2. The Balaban J connectivity index is 2.13. The van der Waals surface area contributed by atoms with E-state index in [1.807, 2.05) is 0 Å². The molecule has 2 N–H and O–H groups in total. The Kier molecular flexibility index (Phi) is 3.14. The van der Waals surface area contributed by atoms with Crippen LogP contribution in [0.5, 0.6) is 5.75 Å². The van der Waals surface area contributed by atoms with Crippen molar-refractivity contribution < 1.29 is 18.7 Å². The number of benzene rings is 2. The van der Waals surface area contributed by atoms with Crippen molar-refractivity contribution in [2.75, 3.05) is 5.32 Å². The Labute approximate surface area is 123 Å². The molecule has 2 aromatic carbocycles. The molecule has 6 heteroatoms. The molecule has 0 radical (unpaired) electrons. The van der Waals surface area contributed by atoms with Crippen LogP contribution in [0.25, 0.3) is 11.6 Å². The topological polar surface area (TPSA) is 49.3 Å². The van der Waals surface area contributed by atoms with Crippen LogP contribution in [0.1, 0.15) is 11.1 Å². The molecule has 21 heavy (non-hydrogen) atoms. The highest BCUT2D eigenvalue weighted by Crippen LogP contribution is 2.35. The van der Waals surface area contributed by atoms with Gasteiger partial charge in [0.1, 0.15) is 0 Å². The third-order valence-electron chi connectivity index (χ3n) is 3.11. The SMILES string of the molecule is O=C1Nc2ccc(Cl)cc2/C1=C\c1cc(F)c(O)c(F)c1. The Bertz CT molecular complexity index is 779. The summed E-state index contributed by atoms with van der Waals surface area (Å²) in [4.78, 5) is 11.9. The number of rotatable bonds is 1. The first-order valence-corrected chi connectivity index (χ1v) is 6.34. The zero-order valence-corrected chi connectivity index (χ0v) is 11.2. The second-order valence-electron chi connectivity index (χ2n) is 4.54. The molecule has 0 fully saturated rings. The summed E-state index contributed by atoms with van der Waals surface area (Å²) in [7, 11) is 0. The fraction of sp³-hybridized carbons (Fsp3) is 0. The highest BCUT2D eigenvalue weighted by molar-refractivity contribution is 6.36. The zero-order valence-electron chi connectivity index (χ0n) is 10.5. The van der Waals surface area contributed by atoms with Gasteiger partial charge >= 0.3 is 0 Å². The number of fused-ring (bicyclic) bond motifs is 1. The van der Waals surface area contributed by atoms with Crippen LogP contribution in [0.2, 0.25) is 5.02 Å². The van der Waals surface area contributed by atoms with Gasteiger partial charge in [0, 0.05) is 21.8 Å². The van der Waals surface area contributed by atoms with Crippen molar-refractivity contribution >= 4 is 34.8 Å². The molecule has 0 unspecified atom stereocenters. The van der Waals surface area contributed by atoms with E-state index in [1.54, 1.807) is 18.2 Å². The minimum absolute atomic E-state index is 0.126. The number of phenols is 1. The smallest absolute Gasteiger partial charge is 0.256 e. The van der Waals surface area contributed by atoms with Gasteiger partial charge in [0.15, 0.2) is 17.4 Å². The summed E-state index contributed by atoms with van der Waals surface area (Å²) in [6.07, 6.45) is 1.34. The number of hydrogen-bond donors (Lipinski definition) is 2. The van der Waals surface area contributed by atoms with Gasteiger partial charge in [0.05, 0.1) is 0 Å². The van der Waals surface area contributed by atoms with Crippen molar-refractivity contribution in [2.24, 2.45) is 0 Å². The zero-order chi connectivity index (χ0) is 15.1. The van der Waals surface area contributed by atoms with Crippen molar-refractivity contribution in [2.45, 2.75) is 0 Å². The number of hydrogen-bond acceptors (Lipinski definition) is 2. The van der Waals surface area contributed by atoms with Gasteiger partial charge in [-0.25, -0.2) is 8.78 Å². The van der Waals surface area contributed by atoms with Gasteiger partial charge < -0.3 is 10.4 Å². The van der Waals surface area contributed by atoms with Gasteiger partial charge in [-0.3, -0.25) is 4.79 Å². The Hall–Kier alpha value is -2.40. The summed E-state index contributed by atoms with van der Waals surface area (Å²) in [5.74, 6) is -3.62. The predicted octanol–water partition coefficient (Wildman–Crippen LogP) is 3.82. The van der Waals surface area contributed by atoms with Crippen molar-refractivity contribution in [3.63, 3.8) is 0 Å². The van der Waals surface area contributed by atoms with E-state index in [9.17, 15) is 13.6 Å². The molecule has 106 valence electrons. The van der Waals surface area contributed by atoms with Gasteiger partial charge in [-0.05, 0) is 42.0 Å². The third-order valence-corrected chi connectivity index (χ3v) is 3.35. The van der Waals surface area contributed by atoms with Crippen LogP contribution in [0, 0.1) is 11.6 Å². The molecule has 0 aromatic heterocycles. The number of amides is 1.